The van der Waals surface area contributed by atoms with Crippen molar-refractivity contribution in [3.8, 4) is 0 Å². The Kier molecular flexibility index (Phi) is 3.91. The van der Waals surface area contributed by atoms with Gasteiger partial charge < -0.3 is 5.32 Å². The molecule has 17 heavy (non-hydrogen) atoms. The third kappa shape index (κ3) is 3.38. The van der Waals surface area contributed by atoms with E-state index in [9.17, 15) is 4.39 Å². The molecule has 2 aromatic rings. The van der Waals surface area contributed by atoms with Crippen molar-refractivity contribution in [2.24, 2.45) is 0 Å². The molecular weight excluding hydrogens is 308 g/mol. The number of nitrogens with one attached hydrogen (secondary N) is 1. The predicted molar refractivity (Wildman–Crippen MR) is 68.5 cm³/mol. The molecule has 0 saturated carbocycles. The van der Waals surface area contributed by atoms with Crippen LogP contribution in [0.4, 0.5) is 10.2 Å². The Hall–Kier alpha value is -1.20. The Labute approximate surface area is 111 Å². The topological polar surface area (TPSA) is 37.8 Å². The smallest absolute Gasteiger partial charge is 0.229 e. The first kappa shape index (κ1) is 12.3. The van der Waals surface area contributed by atoms with Crippen LogP contribution < -0.4 is 5.32 Å². The monoisotopic (exact) mass is 315 g/mol. The van der Waals surface area contributed by atoms with Crippen LogP contribution in [0.1, 0.15) is 5.56 Å². The molecule has 2 aromatic heterocycles. The highest BCUT2D eigenvalue weighted by molar-refractivity contribution is 9.10. The molecule has 0 bridgehead atoms. The Morgan fingerprint density at radius 1 is 1.29 bits per heavy atom. The summed E-state index contributed by atoms with van der Waals surface area (Å²) in [6.07, 6.45) is 1.66. The average Bonchev–Trinajstić information content (AvgIpc) is 2.33. The van der Waals surface area contributed by atoms with Crippen LogP contribution >= 0.6 is 27.5 Å². The van der Waals surface area contributed by atoms with Crippen molar-refractivity contribution in [1.29, 1.82) is 0 Å². The summed E-state index contributed by atoms with van der Waals surface area (Å²) in [6.45, 7) is 0.512. The van der Waals surface area contributed by atoms with Crippen molar-refractivity contribution in [1.82, 2.24) is 9.97 Å². The highest BCUT2D eigenvalue weighted by atomic mass is 79.9. The number of hydrogen-bond acceptors (Lipinski definition) is 3. The number of halogens is 3. The van der Waals surface area contributed by atoms with E-state index in [2.05, 4.69) is 31.2 Å². The molecule has 0 radical (unpaired) electrons. The predicted octanol–water partition coefficient (Wildman–Crippen LogP) is 3.64. The summed E-state index contributed by atoms with van der Waals surface area (Å²) < 4.78 is 13.5. The fraction of sp³-hybridized carbons (Fsp3) is 0.0909. The molecule has 0 aliphatic heterocycles. The van der Waals surface area contributed by atoms with Crippen LogP contribution in [-0.4, -0.2) is 9.97 Å². The second kappa shape index (κ2) is 5.42. The molecule has 3 nitrogen and oxygen atoms in total. The first-order valence-corrected chi connectivity index (χ1v) is 5.98. The van der Waals surface area contributed by atoms with Crippen LogP contribution in [0.3, 0.4) is 0 Å². The molecule has 0 saturated heterocycles. The first-order valence-electron chi connectivity index (χ1n) is 4.81. The molecule has 0 spiro atoms. The minimum atomic E-state index is -0.538. The molecule has 2 rings (SSSR count). The lowest BCUT2D eigenvalue weighted by Crippen LogP contribution is -2.02. The normalized spacial score (nSPS) is 10.3. The van der Waals surface area contributed by atoms with Gasteiger partial charge >= 0.3 is 0 Å². The maximum atomic E-state index is 13.1. The zero-order valence-corrected chi connectivity index (χ0v) is 11.0. The van der Waals surface area contributed by atoms with Gasteiger partial charge in [0.05, 0.1) is 4.47 Å². The van der Waals surface area contributed by atoms with Crippen molar-refractivity contribution in [2.45, 2.75) is 6.54 Å². The van der Waals surface area contributed by atoms with Crippen LogP contribution in [0.5, 0.6) is 0 Å². The van der Waals surface area contributed by atoms with Gasteiger partial charge in [-0.05, 0) is 39.7 Å². The van der Waals surface area contributed by atoms with Gasteiger partial charge in [-0.15, -0.1) is 0 Å². The van der Waals surface area contributed by atoms with Gasteiger partial charge in [0, 0.05) is 12.7 Å². The molecule has 0 atom stereocenters. The van der Waals surface area contributed by atoms with Gasteiger partial charge in [0.2, 0.25) is 5.95 Å². The maximum Gasteiger partial charge on any atom is 0.229 e. The van der Waals surface area contributed by atoms with Crippen molar-refractivity contribution in [2.75, 3.05) is 5.32 Å². The molecule has 0 fully saturated rings. The second-order valence-corrected chi connectivity index (χ2v) is 4.55. The van der Waals surface area contributed by atoms with E-state index < -0.39 is 5.95 Å². The number of anilines is 1. The van der Waals surface area contributed by atoms with E-state index in [-0.39, 0.29) is 0 Å². The lowest BCUT2D eigenvalue weighted by atomic mass is 10.3. The zero-order valence-electron chi connectivity index (χ0n) is 8.62. The molecule has 2 heterocycles. The van der Waals surface area contributed by atoms with Crippen LogP contribution in [0, 0.1) is 5.95 Å². The van der Waals surface area contributed by atoms with Crippen molar-refractivity contribution in [3.63, 3.8) is 0 Å². The Morgan fingerprint density at radius 3 is 2.76 bits per heavy atom. The minimum absolute atomic E-state index is 0.344. The molecule has 0 aromatic carbocycles. The Bertz CT molecular complexity index is 519. The van der Waals surface area contributed by atoms with Gasteiger partial charge in [0.25, 0.3) is 0 Å². The highest BCUT2D eigenvalue weighted by Gasteiger charge is 2.02. The van der Waals surface area contributed by atoms with E-state index in [0.717, 1.165) is 5.56 Å². The van der Waals surface area contributed by atoms with Crippen molar-refractivity contribution >= 4 is 33.3 Å². The van der Waals surface area contributed by atoms with Crippen molar-refractivity contribution in [3.05, 3.63) is 51.6 Å². The fourth-order valence-corrected chi connectivity index (χ4v) is 1.55. The third-order valence-corrected chi connectivity index (χ3v) is 2.88. The molecule has 1 N–H and O–H groups in total. The SMILES string of the molecule is Fc1nc(NCc2ccc(Cl)nc2)ccc1Br. The van der Waals surface area contributed by atoms with Gasteiger partial charge in [0.1, 0.15) is 11.0 Å². The number of nitrogens with zero attached hydrogens (tertiary/aromatic N) is 2. The Balaban J connectivity index is 2.02. The minimum Gasteiger partial charge on any atom is -0.366 e. The van der Waals surface area contributed by atoms with Gasteiger partial charge in [-0.1, -0.05) is 17.7 Å². The number of rotatable bonds is 3. The number of aromatic nitrogens is 2. The van der Waals surface area contributed by atoms with Gasteiger partial charge in [-0.3, -0.25) is 0 Å². The standard InChI is InChI=1S/C11H8BrClFN3/c12-8-2-4-10(17-11(8)14)16-6-7-1-3-9(13)15-5-7/h1-5H,6H2,(H,16,17). The third-order valence-electron chi connectivity index (χ3n) is 2.07. The van der Waals surface area contributed by atoms with E-state index in [4.69, 9.17) is 11.6 Å². The summed E-state index contributed by atoms with van der Waals surface area (Å²) in [4.78, 5) is 7.68. The highest BCUT2D eigenvalue weighted by Crippen LogP contribution is 2.16. The molecule has 0 aliphatic rings. The zero-order chi connectivity index (χ0) is 12.3. The summed E-state index contributed by atoms with van der Waals surface area (Å²) in [6, 6.07) is 6.84. The summed E-state index contributed by atoms with van der Waals surface area (Å²) in [5.41, 5.74) is 0.944. The number of hydrogen-bond donors (Lipinski definition) is 1. The summed E-state index contributed by atoms with van der Waals surface area (Å²) in [5.74, 6) is -0.0649. The average molecular weight is 317 g/mol. The Morgan fingerprint density at radius 2 is 2.12 bits per heavy atom. The van der Waals surface area contributed by atoms with E-state index in [1.54, 1.807) is 24.4 Å². The summed E-state index contributed by atoms with van der Waals surface area (Å²) in [5, 5.41) is 3.44. The summed E-state index contributed by atoms with van der Waals surface area (Å²) >= 11 is 8.71. The maximum absolute atomic E-state index is 13.1. The van der Waals surface area contributed by atoms with Crippen molar-refractivity contribution < 1.29 is 4.39 Å². The van der Waals surface area contributed by atoms with Crippen LogP contribution in [-0.2, 0) is 6.54 Å². The second-order valence-electron chi connectivity index (χ2n) is 3.31. The van der Waals surface area contributed by atoms with Crippen LogP contribution in [0.2, 0.25) is 5.15 Å². The fourth-order valence-electron chi connectivity index (χ4n) is 1.22. The van der Waals surface area contributed by atoms with E-state index in [1.807, 2.05) is 6.07 Å². The summed E-state index contributed by atoms with van der Waals surface area (Å²) in [7, 11) is 0. The number of pyridine rings is 2. The molecule has 0 aliphatic carbocycles. The van der Waals surface area contributed by atoms with E-state index >= 15 is 0 Å². The lowest BCUT2D eigenvalue weighted by Gasteiger charge is -2.05. The first-order chi connectivity index (χ1) is 8.15. The molecule has 0 unspecified atom stereocenters. The molecular formula is C11H8BrClFN3. The largest absolute Gasteiger partial charge is 0.366 e. The molecule has 88 valence electrons. The van der Waals surface area contributed by atoms with Gasteiger partial charge in [0.15, 0.2) is 0 Å². The van der Waals surface area contributed by atoms with Gasteiger partial charge in [-0.2, -0.15) is 4.39 Å². The van der Waals surface area contributed by atoms with Crippen LogP contribution in [0.25, 0.3) is 0 Å². The molecule has 0 amide bonds. The van der Waals surface area contributed by atoms with Gasteiger partial charge in [-0.25, -0.2) is 9.97 Å². The lowest BCUT2D eigenvalue weighted by molar-refractivity contribution is 0.578. The van der Waals surface area contributed by atoms with E-state index in [0.29, 0.717) is 22.0 Å². The molecule has 6 heteroatoms. The quantitative estimate of drug-likeness (QED) is 0.879. The van der Waals surface area contributed by atoms with Crippen LogP contribution in [0.15, 0.2) is 34.9 Å². The van der Waals surface area contributed by atoms with E-state index in [1.165, 1.54) is 0 Å².